The van der Waals surface area contributed by atoms with E-state index in [1.165, 1.54) is 0 Å². The molecule has 3 rings (SSSR count). The first-order valence-electron chi connectivity index (χ1n) is 6.17. The highest BCUT2D eigenvalue weighted by Gasteiger charge is 2.16. The van der Waals surface area contributed by atoms with Gasteiger partial charge in [0.05, 0.1) is 14.2 Å². The highest BCUT2D eigenvalue weighted by atomic mass is 16.6. The van der Waals surface area contributed by atoms with Crippen LogP contribution in [0.2, 0.25) is 0 Å². The molecule has 4 nitrogen and oxygen atoms in total. The monoisotopic (exact) mass is 270 g/mol. The lowest BCUT2D eigenvalue weighted by Crippen LogP contribution is -2.04. The number of fused-ring (bicyclic) bond motifs is 1. The van der Waals surface area contributed by atoms with E-state index in [9.17, 15) is 0 Å². The zero-order valence-electron chi connectivity index (χ0n) is 11.3. The molecule has 0 unspecified atom stereocenters. The fourth-order valence-corrected chi connectivity index (χ4v) is 1.93. The van der Waals surface area contributed by atoms with E-state index in [1.807, 2.05) is 36.4 Å². The molecular formula is C16H14O4. The quantitative estimate of drug-likeness (QED) is 0.855. The van der Waals surface area contributed by atoms with Gasteiger partial charge in [-0.1, -0.05) is 0 Å². The van der Waals surface area contributed by atoms with Crippen molar-refractivity contribution in [2.24, 2.45) is 0 Å². The maximum atomic E-state index is 5.83. The van der Waals surface area contributed by atoms with Gasteiger partial charge in [-0.25, -0.2) is 0 Å². The first-order chi connectivity index (χ1) is 9.80. The molecule has 0 N–H and O–H groups in total. The fraction of sp³-hybridized carbons (Fsp3) is 0.125. The number of benzene rings is 2. The largest absolute Gasteiger partial charge is 0.497 e. The maximum absolute atomic E-state index is 5.83. The summed E-state index contributed by atoms with van der Waals surface area (Å²) < 4.78 is 21.7. The van der Waals surface area contributed by atoms with Crippen LogP contribution in [0, 0.1) is 0 Å². The molecule has 0 atom stereocenters. The zero-order valence-corrected chi connectivity index (χ0v) is 11.3. The van der Waals surface area contributed by atoms with Crippen LogP contribution in [0.25, 0.3) is 5.76 Å². The summed E-state index contributed by atoms with van der Waals surface area (Å²) in [6.07, 6.45) is 1.59. The topological polar surface area (TPSA) is 36.9 Å². The Morgan fingerprint density at radius 3 is 2.20 bits per heavy atom. The maximum Gasteiger partial charge on any atom is 0.172 e. The molecule has 2 aromatic rings. The second-order valence-electron chi connectivity index (χ2n) is 4.24. The van der Waals surface area contributed by atoms with Gasteiger partial charge in [-0.05, 0) is 36.4 Å². The van der Waals surface area contributed by atoms with Crippen molar-refractivity contribution in [2.75, 3.05) is 14.2 Å². The van der Waals surface area contributed by atoms with Crippen LogP contribution in [0.1, 0.15) is 5.56 Å². The molecule has 0 radical (unpaired) electrons. The van der Waals surface area contributed by atoms with Crippen LogP contribution < -0.4 is 18.9 Å². The summed E-state index contributed by atoms with van der Waals surface area (Å²) in [4.78, 5) is 0. The second kappa shape index (κ2) is 5.17. The zero-order chi connectivity index (χ0) is 13.9. The van der Waals surface area contributed by atoms with Crippen molar-refractivity contribution in [3.63, 3.8) is 0 Å². The van der Waals surface area contributed by atoms with Gasteiger partial charge in [0.15, 0.2) is 17.3 Å². The van der Waals surface area contributed by atoms with Gasteiger partial charge in [-0.3, -0.25) is 0 Å². The lowest BCUT2D eigenvalue weighted by atomic mass is 10.2. The molecule has 0 saturated heterocycles. The van der Waals surface area contributed by atoms with Gasteiger partial charge in [-0.15, -0.1) is 0 Å². The molecule has 0 spiro atoms. The van der Waals surface area contributed by atoms with E-state index in [1.54, 1.807) is 26.5 Å². The molecule has 102 valence electrons. The van der Waals surface area contributed by atoms with Gasteiger partial charge in [0.1, 0.15) is 17.8 Å². The molecule has 0 aromatic heterocycles. The van der Waals surface area contributed by atoms with Crippen LogP contribution in [0.4, 0.5) is 0 Å². The first kappa shape index (κ1) is 12.4. The van der Waals surface area contributed by atoms with Gasteiger partial charge < -0.3 is 18.9 Å². The highest BCUT2D eigenvalue weighted by Crippen LogP contribution is 2.37. The molecule has 0 bridgehead atoms. The van der Waals surface area contributed by atoms with Crippen LogP contribution in [0.3, 0.4) is 0 Å². The number of ether oxygens (including phenoxy) is 4. The van der Waals surface area contributed by atoms with Crippen molar-refractivity contribution in [1.29, 1.82) is 0 Å². The molecule has 0 fully saturated rings. The SMILES string of the molecule is COc1ccc(C2=COc3cc(OC)ccc3O2)cc1. The molecule has 2 aromatic carbocycles. The van der Waals surface area contributed by atoms with Crippen LogP contribution >= 0.6 is 0 Å². The average molecular weight is 270 g/mol. The predicted octanol–water partition coefficient (Wildman–Crippen LogP) is 3.47. The summed E-state index contributed by atoms with van der Waals surface area (Å²) >= 11 is 0. The Labute approximate surface area is 117 Å². The summed E-state index contributed by atoms with van der Waals surface area (Å²) in [5.74, 6) is 3.50. The van der Waals surface area contributed by atoms with Crippen molar-refractivity contribution in [1.82, 2.24) is 0 Å². The van der Waals surface area contributed by atoms with Crippen molar-refractivity contribution in [3.8, 4) is 23.0 Å². The smallest absolute Gasteiger partial charge is 0.172 e. The number of rotatable bonds is 3. The number of hydrogen-bond donors (Lipinski definition) is 0. The Balaban J connectivity index is 1.85. The first-order valence-corrected chi connectivity index (χ1v) is 6.17. The molecular weight excluding hydrogens is 256 g/mol. The predicted molar refractivity (Wildman–Crippen MR) is 75.2 cm³/mol. The summed E-state index contributed by atoms with van der Waals surface area (Å²) in [6, 6.07) is 13.0. The average Bonchev–Trinajstić information content (AvgIpc) is 2.54. The van der Waals surface area contributed by atoms with E-state index in [2.05, 4.69) is 0 Å². The fourth-order valence-electron chi connectivity index (χ4n) is 1.93. The Bertz CT molecular complexity index is 644. The minimum atomic E-state index is 0.640. The van der Waals surface area contributed by atoms with E-state index in [4.69, 9.17) is 18.9 Å². The summed E-state index contributed by atoms with van der Waals surface area (Å²) in [5, 5.41) is 0. The third kappa shape index (κ3) is 2.28. The molecule has 0 aliphatic carbocycles. The minimum absolute atomic E-state index is 0.640. The molecule has 0 amide bonds. The standard InChI is InChI=1S/C16H14O4/c1-17-12-5-3-11(4-6-12)16-10-19-15-9-13(18-2)7-8-14(15)20-16/h3-10H,1-2H3. The summed E-state index contributed by atoms with van der Waals surface area (Å²) in [7, 11) is 3.25. The Morgan fingerprint density at radius 2 is 1.50 bits per heavy atom. The van der Waals surface area contributed by atoms with Crippen molar-refractivity contribution in [3.05, 3.63) is 54.3 Å². The van der Waals surface area contributed by atoms with Crippen LogP contribution in [0.15, 0.2) is 48.7 Å². The normalized spacial score (nSPS) is 12.6. The van der Waals surface area contributed by atoms with Crippen LogP contribution in [-0.2, 0) is 0 Å². The van der Waals surface area contributed by atoms with E-state index in [0.717, 1.165) is 17.1 Å². The van der Waals surface area contributed by atoms with Crippen molar-refractivity contribution >= 4 is 5.76 Å². The van der Waals surface area contributed by atoms with Gasteiger partial charge >= 0.3 is 0 Å². The molecule has 1 aliphatic heterocycles. The molecule has 4 heteroatoms. The molecule has 1 heterocycles. The van der Waals surface area contributed by atoms with E-state index in [-0.39, 0.29) is 0 Å². The van der Waals surface area contributed by atoms with Crippen LogP contribution in [-0.4, -0.2) is 14.2 Å². The van der Waals surface area contributed by atoms with E-state index < -0.39 is 0 Å². The van der Waals surface area contributed by atoms with Gasteiger partial charge in [0, 0.05) is 11.6 Å². The molecule has 1 aliphatic rings. The summed E-state index contributed by atoms with van der Waals surface area (Å²) in [6.45, 7) is 0. The lowest BCUT2D eigenvalue weighted by molar-refractivity contribution is 0.373. The van der Waals surface area contributed by atoms with E-state index in [0.29, 0.717) is 17.3 Å². The van der Waals surface area contributed by atoms with Gasteiger partial charge in [0.25, 0.3) is 0 Å². The second-order valence-corrected chi connectivity index (χ2v) is 4.24. The Morgan fingerprint density at radius 1 is 0.800 bits per heavy atom. The Hall–Kier alpha value is -2.62. The van der Waals surface area contributed by atoms with Crippen LogP contribution in [0.5, 0.6) is 23.0 Å². The number of methoxy groups -OCH3 is 2. The van der Waals surface area contributed by atoms with Gasteiger partial charge in [0.2, 0.25) is 0 Å². The number of hydrogen-bond acceptors (Lipinski definition) is 4. The third-order valence-electron chi connectivity index (χ3n) is 3.04. The van der Waals surface area contributed by atoms with Crippen molar-refractivity contribution in [2.45, 2.75) is 0 Å². The molecule has 0 saturated carbocycles. The van der Waals surface area contributed by atoms with E-state index >= 15 is 0 Å². The highest BCUT2D eigenvalue weighted by molar-refractivity contribution is 5.65. The van der Waals surface area contributed by atoms with Crippen molar-refractivity contribution < 1.29 is 18.9 Å². The lowest BCUT2D eigenvalue weighted by Gasteiger charge is -2.19. The summed E-state index contributed by atoms with van der Waals surface area (Å²) in [5.41, 5.74) is 0.923. The minimum Gasteiger partial charge on any atom is -0.497 e. The van der Waals surface area contributed by atoms with Gasteiger partial charge in [-0.2, -0.15) is 0 Å². The molecule has 20 heavy (non-hydrogen) atoms. The third-order valence-corrected chi connectivity index (χ3v) is 3.04. The Kier molecular flexibility index (Phi) is 3.21.